The molecule has 1 aliphatic carbocycles. The highest BCUT2D eigenvalue weighted by Crippen LogP contribution is 2.47. The lowest BCUT2D eigenvalue weighted by Crippen LogP contribution is -2.27. The average molecular weight is 258 g/mol. The molecule has 1 aromatic carbocycles. The molecular weight excluding hydrogens is 228 g/mol. The third kappa shape index (κ3) is 2.73. The first kappa shape index (κ1) is 14.6. The molecule has 0 N–H and O–H groups in total. The van der Waals surface area contributed by atoms with Gasteiger partial charge in [-0.15, -0.1) is 0 Å². The molecule has 0 spiro atoms. The van der Waals surface area contributed by atoms with Gasteiger partial charge in [0.1, 0.15) is 0 Å². The minimum Gasteiger partial charge on any atom is -0.0619 e. The van der Waals surface area contributed by atoms with Crippen molar-refractivity contribution in [1.29, 1.82) is 0 Å². The van der Waals surface area contributed by atoms with Gasteiger partial charge in [0, 0.05) is 0 Å². The maximum absolute atomic E-state index is 2.47. The summed E-state index contributed by atoms with van der Waals surface area (Å²) in [7, 11) is 0. The molecule has 0 aromatic heterocycles. The molecule has 19 heavy (non-hydrogen) atoms. The summed E-state index contributed by atoms with van der Waals surface area (Å²) >= 11 is 0. The largest absolute Gasteiger partial charge is 0.0619 e. The minimum absolute atomic E-state index is 0.540. The van der Waals surface area contributed by atoms with Gasteiger partial charge in [-0.25, -0.2) is 0 Å². The normalized spacial score (nSPS) is 26.5. The van der Waals surface area contributed by atoms with Crippen molar-refractivity contribution in [3.63, 3.8) is 0 Å². The lowest BCUT2D eigenvalue weighted by atomic mass is 9.65. The number of hydrogen-bond donors (Lipinski definition) is 0. The predicted molar refractivity (Wildman–Crippen MR) is 84.9 cm³/mol. The van der Waals surface area contributed by atoms with Gasteiger partial charge in [-0.3, -0.25) is 0 Å². The van der Waals surface area contributed by atoms with E-state index in [9.17, 15) is 0 Å². The van der Waals surface area contributed by atoms with Gasteiger partial charge in [0.2, 0.25) is 0 Å². The number of aryl methyl sites for hydroxylation is 1. The van der Waals surface area contributed by atoms with Crippen LogP contribution in [0.25, 0.3) is 0 Å². The Kier molecular flexibility index (Phi) is 3.82. The standard InChI is InChI=1S/C19H30/c1-12-10-18(16(5)15(4)14(12)3)17-8-9-19(6,7)11-13(17)2/h10,13,17H,8-9,11H2,1-7H3. The zero-order chi connectivity index (χ0) is 14.4. The van der Waals surface area contributed by atoms with Crippen LogP contribution in [-0.2, 0) is 0 Å². The van der Waals surface area contributed by atoms with Crippen LogP contribution in [0.2, 0.25) is 0 Å². The smallest absolute Gasteiger partial charge is 0.0133 e. The fourth-order valence-corrected chi connectivity index (χ4v) is 4.04. The monoisotopic (exact) mass is 258 g/mol. The first-order chi connectivity index (χ1) is 8.73. The van der Waals surface area contributed by atoms with Crippen molar-refractivity contribution in [2.75, 3.05) is 0 Å². The summed E-state index contributed by atoms with van der Waals surface area (Å²) in [4.78, 5) is 0. The van der Waals surface area contributed by atoms with Gasteiger partial charge >= 0.3 is 0 Å². The van der Waals surface area contributed by atoms with E-state index in [2.05, 4.69) is 54.5 Å². The van der Waals surface area contributed by atoms with Crippen LogP contribution < -0.4 is 0 Å². The summed E-state index contributed by atoms with van der Waals surface area (Å²) < 4.78 is 0. The summed E-state index contributed by atoms with van der Waals surface area (Å²) in [5.74, 6) is 1.58. The van der Waals surface area contributed by atoms with E-state index in [-0.39, 0.29) is 0 Å². The van der Waals surface area contributed by atoms with Gasteiger partial charge in [-0.2, -0.15) is 0 Å². The van der Waals surface area contributed by atoms with Gasteiger partial charge in [-0.1, -0.05) is 26.8 Å². The molecule has 2 atom stereocenters. The number of hydrogen-bond acceptors (Lipinski definition) is 0. The highest BCUT2D eigenvalue weighted by Gasteiger charge is 2.33. The molecule has 0 bridgehead atoms. The topological polar surface area (TPSA) is 0 Å². The van der Waals surface area contributed by atoms with Gasteiger partial charge in [0.05, 0.1) is 0 Å². The van der Waals surface area contributed by atoms with Crippen molar-refractivity contribution in [3.05, 3.63) is 33.9 Å². The molecule has 0 aliphatic heterocycles. The maximum Gasteiger partial charge on any atom is -0.0133 e. The van der Waals surface area contributed by atoms with Crippen molar-refractivity contribution in [1.82, 2.24) is 0 Å². The fraction of sp³-hybridized carbons (Fsp3) is 0.684. The Hall–Kier alpha value is -0.780. The van der Waals surface area contributed by atoms with Crippen LogP contribution in [0.15, 0.2) is 6.07 Å². The maximum atomic E-state index is 2.47. The Morgan fingerprint density at radius 3 is 2.21 bits per heavy atom. The fourth-order valence-electron chi connectivity index (χ4n) is 4.04. The van der Waals surface area contributed by atoms with Crippen LogP contribution in [0.5, 0.6) is 0 Å². The highest BCUT2D eigenvalue weighted by molar-refractivity contribution is 5.45. The Balaban J connectivity index is 2.38. The first-order valence-electron chi connectivity index (χ1n) is 7.80. The van der Waals surface area contributed by atoms with E-state index >= 15 is 0 Å². The molecule has 2 rings (SSSR count). The van der Waals surface area contributed by atoms with Crippen molar-refractivity contribution in [2.45, 2.75) is 73.6 Å². The van der Waals surface area contributed by atoms with E-state index in [1.807, 2.05) is 0 Å². The molecule has 2 unspecified atom stereocenters. The summed E-state index contributed by atoms with van der Waals surface area (Å²) in [6, 6.07) is 2.47. The number of benzene rings is 1. The molecule has 0 heterocycles. The summed E-state index contributed by atoms with van der Waals surface area (Å²) in [6.45, 7) is 16.5. The van der Waals surface area contributed by atoms with Crippen LogP contribution in [0.1, 0.15) is 73.8 Å². The minimum atomic E-state index is 0.540. The van der Waals surface area contributed by atoms with E-state index in [1.54, 1.807) is 11.1 Å². The van der Waals surface area contributed by atoms with E-state index < -0.39 is 0 Å². The Bertz CT molecular complexity index is 479. The second kappa shape index (κ2) is 4.96. The van der Waals surface area contributed by atoms with Crippen molar-refractivity contribution >= 4 is 0 Å². The molecule has 1 aliphatic rings. The lowest BCUT2D eigenvalue weighted by Gasteiger charge is -2.40. The summed E-state index contributed by atoms with van der Waals surface area (Å²) in [5.41, 5.74) is 8.16. The third-order valence-electron chi connectivity index (χ3n) is 5.61. The van der Waals surface area contributed by atoms with Crippen LogP contribution in [0, 0.1) is 39.0 Å². The molecule has 106 valence electrons. The molecule has 0 heteroatoms. The zero-order valence-corrected chi connectivity index (χ0v) is 13.9. The van der Waals surface area contributed by atoms with Gasteiger partial charge in [-0.05, 0) is 92.0 Å². The second-order valence-corrected chi connectivity index (χ2v) is 7.65. The Morgan fingerprint density at radius 2 is 1.63 bits per heavy atom. The third-order valence-corrected chi connectivity index (χ3v) is 5.61. The van der Waals surface area contributed by atoms with E-state index in [4.69, 9.17) is 0 Å². The first-order valence-corrected chi connectivity index (χ1v) is 7.80. The van der Waals surface area contributed by atoms with Crippen LogP contribution >= 0.6 is 0 Å². The molecule has 0 nitrogen and oxygen atoms in total. The second-order valence-electron chi connectivity index (χ2n) is 7.65. The van der Waals surface area contributed by atoms with Crippen LogP contribution in [0.4, 0.5) is 0 Å². The Morgan fingerprint density at radius 1 is 1.00 bits per heavy atom. The lowest BCUT2D eigenvalue weighted by molar-refractivity contribution is 0.167. The van der Waals surface area contributed by atoms with Crippen LogP contribution in [-0.4, -0.2) is 0 Å². The molecule has 1 fully saturated rings. The van der Waals surface area contributed by atoms with Crippen molar-refractivity contribution < 1.29 is 0 Å². The van der Waals surface area contributed by atoms with Crippen molar-refractivity contribution in [3.8, 4) is 0 Å². The van der Waals surface area contributed by atoms with E-state index in [1.165, 1.54) is 36.0 Å². The molecule has 0 saturated heterocycles. The summed E-state index contributed by atoms with van der Waals surface area (Å²) in [6.07, 6.45) is 4.09. The zero-order valence-electron chi connectivity index (χ0n) is 13.9. The predicted octanol–water partition coefficient (Wildman–Crippen LogP) is 5.85. The quantitative estimate of drug-likeness (QED) is 0.592. The SMILES string of the molecule is Cc1cc(C2CCC(C)(C)CC2C)c(C)c(C)c1C. The molecule has 1 saturated carbocycles. The highest BCUT2D eigenvalue weighted by atomic mass is 14.4. The van der Waals surface area contributed by atoms with Gasteiger partial charge in [0.25, 0.3) is 0 Å². The molecular formula is C19H30. The molecule has 0 amide bonds. The van der Waals surface area contributed by atoms with Gasteiger partial charge < -0.3 is 0 Å². The van der Waals surface area contributed by atoms with Gasteiger partial charge in [0.15, 0.2) is 0 Å². The van der Waals surface area contributed by atoms with E-state index in [0.29, 0.717) is 5.41 Å². The van der Waals surface area contributed by atoms with Crippen LogP contribution in [0.3, 0.4) is 0 Å². The average Bonchev–Trinajstić information content (AvgIpc) is 2.31. The van der Waals surface area contributed by atoms with E-state index in [0.717, 1.165) is 11.8 Å². The number of rotatable bonds is 1. The van der Waals surface area contributed by atoms with Crippen molar-refractivity contribution in [2.24, 2.45) is 11.3 Å². The molecule has 0 radical (unpaired) electrons. The molecule has 1 aromatic rings. The summed E-state index contributed by atoms with van der Waals surface area (Å²) in [5, 5.41) is 0. The Labute approximate surface area is 119 Å².